The number of nitrogens with zero attached hydrogens (tertiary/aromatic N) is 3. The molecule has 0 radical (unpaired) electrons. The number of morpholine rings is 1. The highest BCUT2D eigenvalue weighted by molar-refractivity contribution is 5.85. The molecule has 8 heteroatoms. The number of nitrogens with one attached hydrogen (secondary N) is 1. The van der Waals surface area contributed by atoms with Crippen molar-refractivity contribution in [1.29, 1.82) is 0 Å². The fraction of sp³-hybridized carbons (Fsp3) is 0.650. The van der Waals surface area contributed by atoms with E-state index in [0.717, 1.165) is 38.0 Å². The van der Waals surface area contributed by atoms with Crippen molar-refractivity contribution in [2.45, 2.75) is 44.7 Å². The molecule has 2 aliphatic heterocycles. The molecule has 3 rings (SSSR count). The Labute approximate surface area is 173 Å². The Morgan fingerprint density at radius 2 is 2.00 bits per heavy atom. The molecular weight excluding hydrogens is 380 g/mol. The third-order valence-electron chi connectivity index (χ3n) is 5.28. The van der Waals surface area contributed by atoms with Crippen LogP contribution in [0.5, 0.6) is 0 Å². The molecule has 7 nitrogen and oxygen atoms in total. The molecular formula is C20H31ClN4O3. The van der Waals surface area contributed by atoms with Gasteiger partial charge in [0, 0.05) is 38.2 Å². The first kappa shape index (κ1) is 22.6. The van der Waals surface area contributed by atoms with Crippen LogP contribution < -0.4 is 5.32 Å². The van der Waals surface area contributed by atoms with E-state index >= 15 is 0 Å². The fourth-order valence-electron chi connectivity index (χ4n) is 3.73. The fourth-order valence-corrected chi connectivity index (χ4v) is 3.73. The van der Waals surface area contributed by atoms with Gasteiger partial charge in [0.2, 0.25) is 11.8 Å². The van der Waals surface area contributed by atoms with Crippen molar-refractivity contribution in [1.82, 2.24) is 20.1 Å². The molecule has 2 saturated heterocycles. The lowest BCUT2D eigenvalue weighted by Crippen LogP contribution is -2.43. The molecule has 1 unspecified atom stereocenters. The smallest absolute Gasteiger partial charge is 0.223 e. The molecule has 1 N–H and O–H groups in total. The first-order chi connectivity index (χ1) is 13.2. The zero-order valence-electron chi connectivity index (χ0n) is 16.3. The molecule has 1 aromatic heterocycles. The first-order valence-electron chi connectivity index (χ1n) is 9.99. The Kier molecular flexibility index (Phi) is 9.67. The minimum atomic E-state index is 0. The average Bonchev–Trinajstić information content (AvgIpc) is 3.01. The van der Waals surface area contributed by atoms with Gasteiger partial charge in [0.15, 0.2) is 0 Å². The molecule has 2 fully saturated rings. The second kappa shape index (κ2) is 12.0. The van der Waals surface area contributed by atoms with Gasteiger partial charge >= 0.3 is 0 Å². The maximum atomic E-state index is 13.0. The van der Waals surface area contributed by atoms with Gasteiger partial charge < -0.3 is 19.9 Å². The van der Waals surface area contributed by atoms with Gasteiger partial charge in [-0.3, -0.25) is 14.6 Å². The first-order valence-corrected chi connectivity index (χ1v) is 9.99. The molecule has 1 atom stereocenters. The number of pyridine rings is 1. The van der Waals surface area contributed by atoms with Crippen molar-refractivity contribution in [3.63, 3.8) is 0 Å². The summed E-state index contributed by atoms with van der Waals surface area (Å²) in [5, 5.41) is 3.40. The maximum absolute atomic E-state index is 13.0. The molecule has 2 aliphatic rings. The number of rotatable bonds is 6. The van der Waals surface area contributed by atoms with E-state index in [1.165, 1.54) is 0 Å². The zero-order valence-corrected chi connectivity index (χ0v) is 17.2. The molecule has 28 heavy (non-hydrogen) atoms. The summed E-state index contributed by atoms with van der Waals surface area (Å²) in [6.45, 7) is 4.84. The van der Waals surface area contributed by atoms with E-state index < -0.39 is 0 Å². The van der Waals surface area contributed by atoms with E-state index in [0.29, 0.717) is 32.8 Å². The molecule has 156 valence electrons. The van der Waals surface area contributed by atoms with Crippen LogP contribution in [0.4, 0.5) is 0 Å². The highest BCUT2D eigenvalue weighted by atomic mass is 35.5. The van der Waals surface area contributed by atoms with Gasteiger partial charge in [-0.15, -0.1) is 12.4 Å². The summed E-state index contributed by atoms with van der Waals surface area (Å²) in [4.78, 5) is 33.6. The Hall–Kier alpha value is -1.70. The van der Waals surface area contributed by atoms with Crippen LogP contribution in [-0.2, 0) is 20.9 Å². The number of hydrogen-bond donors (Lipinski definition) is 1. The van der Waals surface area contributed by atoms with Crippen molar-refractivity contribution in [2.75, 3.05) is 39.4 Å². The van der Waals surface area contributed by atoms with Crippen molar-refractivity contribution >= 4 is 24.2 Å². The maximum Gasteiger partial charge on any atom is 0.223 e. The molecule has 1 aromatic rings. The van der Waals surface area contributed by atoms with Gasteiger partial charge in [-0.05, 0) is 44.5 Å². The lowest BCUT2D eigenvalue weighted by Gasteiger charge is -2.31. The lowest BCUT2D eigenvalue weighted by molar-refractivity contribution is -0.140. The van der Waals surface area contributed by atoms with E-state index in [1.807, 2.05) is 23.1 Å². The van der Waals surface area contributed by atoms with Crippen LogP contribution in [-0.4, -0.2) is 72.0 Å². The molecule has 0 aliphatic carbocycles. The summed E-state index contributed by atoms with van der Waals surface area (Å²) in [5.74, 6) is 0.0983. The standard InChI is InChI=1S/C20H30N4O3.ClH/c25-19(23-12-14-27-15-13-23)6-7-20(26)24(16-17-4-1-2-10-22-17)18-5-3-9-21-11-8-18;/h1-2,4,10,18,21H,3,5-9,11-16H2;1H. The minimum Gasteiger partial charge on any atom is -0.378 e. The number of carbonyl (C=O) groups is 2. The SMILES string of the molecule is Cl.O=C(CCC(=O)N(Cc1ccccn1)C1CCCNCC1)N1CCOCC1. The largest absolute Gasteiger partial charge is 0.378 e. The number of amides is 2. The van der Waals surface area contributed by atoms with Crippen LogP contribution in [0.15, 0.2) is 24.4 Å². The molecule has 0 saturated carbocycles. The van der Waals surface area contributed by atoms with Gasteiger partial charge in [-0.1, -0.05) is 6.07 Å². The number of ether oxygens (including phenoxy) is 1. The average molecular weight is 411 g/mol. The van der Waals surface area contributed by atoms with E-state index in [2.05, 4.69) is 10.3 Å². The summed E-state index contributed by atoms with van der Waals surface area (Å²) in [5.41, 5.74) is 0.891. The number of aromatic nitrogens is 1. The van der Waals surface area contributed by atoms with Crippen molar-refractivity contribution in [3.8, 4) is 0 Å². The Morgan fingerprint density at radius 3 is 2.75 bits per heavy atom. The Bertz CT molecular complexity index is 603. The monoisotopic (exact) mass is 410 g/mol. The van der Waals surface area contributed by atoms with Crippen LogP contribution in [0.3, 0.4) is 0 Å². The molecule has 0 bridgehead atoms. The van der Waals surface area contributed by atoms with Gasteiger partial charge in [0.1, 0.15) is 0 Å². The third-order valence-corrected chi connectivity index (χ3v) is 5.28. The molecule has 2 amide bonds. The number of carbonyl (C=O) groups excluding carboxylic acids is 2. The summed E-state index contributed by atoms with van der Waals surface area (Å²) in [6.07, 6.45) is 5.27. The van der Waals surface area contributed by atoms with Crippen molar-refractivity contribution in [3.05, 3.63) is 30.1 Å². The highest BCUT2D eigenvalue weighted by Crippen LogP contribution is 2.18. The van der Waals surface area contributed by atoms with Gasteiger partial charge in [-0.2, -0.15) is 0 Å². The Morgan fingerprint density at radius 1 is 1.18 bits per heavy atom. The van der Waals surface area contributed by atoms with Crippen molar-refractivity contribution in [2.24, 2.45) is 0 Å². The normalized spacial score (nSPS) is 20.0. The van der Waals surface area contributed by atoms with Gasteiger partial charge in [0.05, 0.1) is 25.5 Å². The quantitative estimate of drug-likeness (QED) is 0.771. The van der Waals surface area contributed by atoms with Gasteiger partial charge in [-0.25, -0.2) is 0 Å². The predicted molar refractivity (Wildman–Crippen MR) is 109 cm³/mol. The summed E-state index contributed by atoms with van der Waals surface area (Å²) < 4.78 is 5.29. The number of hydrogen-bond acceptors (Lipinski definition) is 5. The minimum absolute atomic E-state index is 0. The third kappa shape index (κ3) is 6.72. The second-order valence-electron chi connectivity index (χ2n) is 7.17. The summed E-state index contributed by atoms with van der Waals surface area (Å²) >= 11 is 0. The Balaban J connectivity index is 0.00000280. The van der Waals surface area contributed by atoms with Gasteiger partial charge in [0.25, 0.3) is 0 Å². The molecule has 3 heterocycles. The van der Waals surface area contributed by atoms with E-state index in [4.69, 9.17) is 4.74 Å². The van der Waals surface area contributed by atoms with E-state index in [-0.39, 0.29) is 43.1 Å². The number of halogens is 1. The summed E-state index contributed by atoms with van der Waals surface area (Å²) in [6, 6.07) is 5.98. The van der Waals surface area contributed by atoms with E-state index in [1.54, 1.807) is 11.1 Å². The molecule has 0 spiro atoms. The second-order valence-corrected chi connectivity index (χ2v) is 7.17. The van der Waals surface area contributed by atoms with Crippen molar-refractivity contribution < 1.29 is 14.3 Å². The van der Waals surface area contributed by atoms with Crippen LogP contribution in [0.1, 0.15) is 37.8 Å². The summed E-state index contributed by atoms with van der Waals surface area (Å²) in [7, 11) is 0. The van der Waals surface area contributed by atoms with E-state index in [9.17, 15) is 9.59 Å². The van der Waals surface area contributed by atoms with Crippen LogP contribution >= 0.6 is 12.4 Å². The molecule has 0 aromatic carbocycles. The lowest BCUT2D eigenvalue weighted by atomic mass is 10.1. The zero-order chi connectivity index (χ0) is 18.9. The van der Waals surface area contributed by atoms with Crippen LogP contribution in [0.2, 0.25) is 0 Å². The predicted octanol–water partition coefficient (Wildman–Crippen LogP) is 1.61. The topological polar surface area (TPSA) is 74.8 Å². The van der Waals surface area contributed by atoms with Crippen LogP contribution in [0, 0.1) is 0 Å². The van der Waals surface area contributed by atoms with Crippen LogP contribution in [0.25, 0.3) is 0 Å². The highest BCUT2D eigenvalue weighted by Gasteiger charge is 2.26.